The van der Waals surface area contributed by atoms with Crippen molar-refractivity contribution in [1.29, 1.82) is 0 Å². The van der Waals surface area contributed by atoms with E-state index in [9.17, 15) is 19.5 Å². The highest BCUT2D eigenvalue weighted by Crippen LogP contribution is 2.21. The Hall–Kier alpha value is -3.75. The van der Waals surface area contributed by atoms with E-state index in [4.69, 9.17) is 14.6 Å². The van der Waals surface area contributed by atoms with Crippen LogP contribution < -0.4 is 10.6 Å². The van der Waals surface area contributed by atoms with Gasteiger partial charge in [-0.05, 0) is 65.8 Å². The van der Waals surface area contributed by atoms with E-state index in [-0.39, 0.29) is 17.1 Å². The summed E-state index contributed by atoms with van der Waals surface area (Å²) in [6, 6.07) is 10.5. The number of carbonyl (C=O) groups is 3. The molecular formula is C23H30N2O7. The smallest absolute Gasteiger partial charge is 0.412 e. The predicted molar refractivity (Wildman–Crippen MR) is 121 cm³/mol. The highest BCUT2D eigenvalue weighted by molar-refractivity contribution is 5.87. The van der Waals surface area contributed by atoms with Gasteiger partial charge in [-0.3, -0.25) is 15.4 Å². The normalized spacial score (nSPS) is 10.8. The fourth-order valence-electron chi connectivity index (χ4n) is 2.15. The van der Waals surface area contributed by atoms with Crippen molar-refractivity contribution < 1.29 is 34.1 Å². The Balaban J connectivity index is 0.000000323. The molecule has 0 radical (unpaired) electrons. The van der Waals surface area contributed by atoms with Gasteiger partial charge in [-0.2, -0.15) is 0 Å². The van der Waals surface area contributed by atoms with Crippen LogP contribution in [0.5, 0.6) is 11.5 Å². The van der Waals surface area contributed by atoms with E-state index < -0.39 is 23.4 Å². The van der Waals surface area contributed by atoms with Gasteiger partial charge in [-0.1, -0.05) is 6.07 Å². The molecule has 9 nitrogen and oxygen atoms in total. The summed E-state index contributed by atoms with van der Waals surface area (Å²) in [7, 11) is 0. The maximum Gasteiger partial charge on any atom is 0.412 e. The number of nitrogens with one attached hydrogen (secondary N) is 2. The van der Waals surface area contributed by atoms with Crippen LogP contribution in [0.15, 0.2) is 42.5 Å². The highest BCUT2D eigenvalue weighted by Gasteiger charge is 2.17. The fourth-order valence-corrected chi connectivity index (χ4v) is 2.15. The molecule has 2 aromatic rings. The average molecular weight is 447 g/mol. The van der Waals surface area contributed by atoms with E-state index in [1.165, 1.54) is 30.3 Å². The van der Waals surface area contributed by atoms with E-state index in [2.05, 4.69) is 10.6 Å². The molecule has 0 aliphatic heterocycles. The first-order valence-electron chi connectivity index (χ1n) is 9.76. The van der Waals surface area contributed by atoms with Crippen LogP contribution >= 0.6 is 0 Å². The molecule has 0 unspecified atom stereocenters. The molecule has 0 atom stereocenters. The first-order chi connectivity index (χ1) is 14.7. The number of rotatable bonds is 3. The molecule has 32 heavy (non-hydrogen) atoms. The van der Waals surface area contributed by atoms with Crippen molar-refractivity contribution >= 4 is 29.8 Å². The van der Waals surface area contributed by atoms with Crippen molar-refractivity contribution in [1.82, 2.24) is 0 Å². The van der Waals surface area contributed by atoms with Gasteiger partial charge in [0, 0.05) is 23.5 Å². The van der Waals surface area contributed by atoms with Crippen LogP contribution in [-0.4, -0.2) is 39.9 Å². The first-order valence-corrected chi connectivity index (χ1v) is 9.76. The number of hydrogen-bond acceptors (Lipinski definition) is 7. The van der Waals surface area contributed by atoms with Gasteiger partial charge in [0.2, 0.25) is 0 Å². The summed E-state index contributed by atoms with van der Waals surface area (Å²) in [6.45, 7) is 10.6. The van der Waals surface area contributed by atoms with Crippen molar-refractivity contribution in [3.8, 4) is 11.5 Å². The molecule has 4 N–H and O–H groups in total. The molecule has 0 aliphatic rings. The lowest BCUT2D eigenvalue weighted by molar-refractivity contribution is 0.0624. The Morgan fingerprint density at radius 3 is 1.72 bits per heavy atom. The van der Waals surface area contributed by atoms with Crippen LogP contribution in [0.3, 0.4) is 0 Å². The number of hydrogen-bond donors (Lipinski definition) is 4. The SMILES string of the molecule is CC(C)(C)OC(=O)Nc1ccc(C=O)c(O)c1.CC(C)(C)OC(=O)Nc1cccc(O)c1. The molecule has 174 valence electrons. The number of carbonyl (C=O) groups excluding carboxylic acids is 3. The van der Waals surface area contributed by atoms with E-state index >= 15 is 0 Å². The van der Waals surface area contributed by atoms with E-state index in [0.717, 1.165) is 0 Å². The summed E-state index contributed by atoms with van der Waals surface area (Å²) in [5.41, 5.74) is -0.0817. The van der Waals surface area contributed by atoms with Crippen LogP contribution in [0.1, 0.15) is 51.9 Å². The van der Waals surface area contributed by atoms with Crippen LogP contribution in [0, 0.1) is 0 Å². The lowest BCUT2D eigenvalue weighted by Gasteiger charge is -2.19. The topological polar surface area (TPSA) is 134 Å². The van der Waals surface area contributed by atoms with Gasteiger partial charge in [-0.25, -0.2) is 9.59 Å². The fraction of sp³-hybridized carbons (Fsp3) is 0.348. The van der Waals surface area contributed by atoms with Crippen molar-refractivity contribution in [2.75, 3.05) is 10.6 Å². The lowest BCUT2D eigenvalue weighted by Crippen LogP contribution is -2.27. The van der Waals surface area contributed by atoms with Crippen molar-refractivity contribution in [2.24, 2.45) is 0 Å². The third kappa shape index (κ3) is 10.9. The highest BCUT2D eigenvalue weighted by atomic mass is 16.6. The van der Waals surface area contributed by atoms with Crippen LogP contribution in [0.4, 0.5) is 21.0 Å². The zero-order valence-corrected chi connectivity index (χ0v) is 19.1. The van der Waals surface area contributed by atoms with E-state index in [1.54, 1.807) is 53.7 Å². The number of amides is 2. The molecule has 0 saturated heterocycles. The maximum atomic E-state index is 11.4. The number of aldehydes is 1. The summed E-state index contributed by atoms with van der Waals surface area (Å²) in [5, 5.41) is 23.6. The molecular weight excluding hydrogens is 416 g/mol. The van der Waals surface area contributed by atoms with Gasteiger partial charge < -0.3 is 19.7 Å². The number of aromatic hydroxyl groups is 2. The number of phenols is 2. The zero-order chi connectivity index (χ0) is 24.5. The van der Waals surface area contributed by atoms with E-state index in [1.807, 2.05) is 0 Å². The summed E-state index contributed by atoms with van der Waals surface area (Å²) in [6.07, 6.45) is -0.615. The summed E-state index contributed by atoms with van der Waals surface area (Å²) in [4.78, 5) is 33.2. The molecule has 2 rings (SSSR count). The molecule has 0 fully saturated rings. The summed E-state index contributed by atoms with van der Waals surface area (Å²) >= 11 is 0. The standard InChI is InChI=1S/C12H15NO4.C11H15NO3/c1-12(2,3)17-11(16)13-9-5-4-8(7-14)10(15)6-9;1-11(2,3)15-10(14)12-8-5-4-6-9(13)7-8/h4-7,15H,1-3H3,(H,13,16);4-7,13H,1-3H3,(H,12,14). The molecule has 0 heterocycles. The van der Waals surface area contributed by atoms with Gasteiger partial charge in [0.15, 0.2) is 6.29 Å². The third-order valence-electron chi connectivity index (χ3n) is 3.29. The molecule has 0 spiro atoms. The van der Waals surface area contributed by atoms with Gasteiger partial charge >= 0.3 is 12.2 Å². The van der Waals surface area contributed by atoms with Crippen molar-refractivity contribution in [2.45, 2.75) is 52.7 Å². The molecule has 2 aromatic carbocycles. The Morgan fingerprint density at radius 1 is 0.812 bits per heavy atom. The minimum Gasteiger partial charge on any atom is -0.508 e. The van der Waals surface area contributed by atoms with Gasteiger partial charge in [0.05, 0.1) is 5.56 Å². The minimum absolute atomic E-state index is 0.101. The summed E-state index contributed by atoms with van der Waals surface area (Å²) in [5.74, 6) is -0.0860. The lowest BCUT2D eigenvalue weighted by atomic mass is 10.2. The monoisotopic (exact) mass is 446 g/mol. The van der Waals surface area contributed by atoms with Gasteiger partial charge in [0.1, 0.15) is 22.7 Å². The first kappa shape index (κ1) is 26.3. The Bertz CT molecular complexity index is 944. The quantitative estimate of drug-likeness (QED) is 0.471. The third-order valence-corrected chi connectivity index (χ3v) is 3.29. The van der Waals surface area contributed by atoms with Crippen molar-refractivity contribution in [3.63, 3.8) is 0 Å². The second-order valence-corrected chi connectivity index (χ2v) is 8.70. The van der Waals surface area contributed by atoms with E-state index in [0.29, 0.717) is 17.7 Å². The molecule has 0 saturated carbocycles. The second kappa shape index (κ2) is 11.0. The van der Waals surface area contributed by atoms with Crippen LogP contribution in [0.2, 0.25) is 0 Å². The Labute approximate surface area is 187 Å². The minimum atomic E-state index is -0.615. The number of phenolic OH excluding ortho intramolecular Hbond substituents is 2. The van der Waals surface area contributed by atoms with Gasteiger partial charge in [0.25, 0.3) is 0 Å². The Morgan fingerprint density at radius 2 is 1.31 bits per heavy atom. The number of anilines is 2. The number of benzene rings is 2. The van der Waals surface area contributed by atoms with Crippen molar-refractivity contribution in [3.05, 3.63) is 48.0 Å². The molecule has 0 aromatic heterocycles. The van der Waals surface area contributed by atoms with Crippen LogP contribution in [-0.2, 0) is 9.47 Å². The summed E-state index contributed by atoms with van der Waals surface area (Å²) < 4.78 is 10.1. The van der Waals surface area contributed by atoms with Gasteiger partial charge in [-0.15, -0.1) is 0 Å². The largest absolute Gasteiger partial charge is 0.508 e. The molecule has 2 amide bonds. The van der Waals surface area contributed by atoms with Crippen LogP contribution in [0.25, 0.3) is 0 Å². The molecule has 0 aliphatic carbocycles. The zero-order valence-electron chi connectivity index (χ0n) is 19.1. The molecule has 9 heteroatoms. The predicted octanol–water partition coefficient (Wildman–Crippen LogP) is 5.29. The second-order valence-electron chi connectivity index (χ2n) is 8.70. The number of ether oxygens (including phenoxy) is 2. The Kier molecular flexibility index (Phi) is 9.06. The maximum absolute atomic E-state index is 11.4. The average Bonchev–Trinajstić information content (AvgIpc) is 2.59. The molecule has 0 bridgehead atoms.